The van der Waals surface area contributed by atoms with Gasteiger partial charge in [0.05, 0.1) is 0 Å². The summed E-state index contributed by atoms with van der Waals surface area (Å²) in [7, 11) is -1.88. The fraction of sp³-hybridized carbons (Fsp3) is 0.882. The maximum absolute atomic E-state index is 12.2. The van der Waals surface area contributed by atoms with Gasteiger partial charge in [-0.15, -0.1) is 0 Å². The predicted octanol–water partition coefficient (Wildman–Crippen LogP) is 3.55. The highest BCUT2D eigenvalue weighted by molar-refractivity contribution is 6.74. The molecule has 23 heavy (non-hydrogen) atoms. The molecule has 0 radical (unpaired) electrons. The van der Waals surface area contributed by atoms with Crippen molar-refractivity contribution in [2.75, 3.05) is 6.61 Å². The summed E-state index contributed by atoms with van der Waals surface area (Å²) in [4.78, 5) is 23.6. The molecule has 0 aromatic carbocycles. The molecular weight excluding hydrogens is 310 g/mol. The number of carbonyl (C=O) groups is 2. The van der Waals surface area contributed by atoms with Gasteiger partial charge in [0.15, 0.2) is 8.32 Å². The van der Waals surface area contributed by atoms with Crippen molar-refractivity contribution >= 4 is 20.2 Å². The zero-order valence-corrected chi connectivity index (χ0v) is 16.3. The first-order valence-electron chi connectivity index (χ1n) is 8.72. The van der Waals surface area contributed by atoms with Crippen LogP contribution in [0.1, 0.15) is 59.3 Å². The normalized spacial score (nSPS) is 18.5. The Morgan fingerprint density at radius 3 is 2.26 bits per heavy atom. The second-order valence-corrected chi connectivity index (χ2v) is 12.9. The van der Waals surface area contributed by atoms with E-state index in [2.05, 4.69) is 39.2 Å². The summed E-state index contributed by atoms with van der Waals surface area (Å²) in [5.41, 5.74) is 0. The zero-order valence-electron chi connectivity index (χ0n) is 15.3. The fourth-order valence-corrected chi connectivity index (χ4v) is 3.62. The number of amides is 1. The summed E-state index contributed by atoms with van der Waals surface area (Å²) in [5.74, 6) is -1.11. The largest absolute Gasteiger partial charge is 0.480 e. The van der Waals surface area contributed by atoms with Gasteiger partial charge in [0, 0.05) is 18.9 Å². The van der Waals surface area contributed by atoms with Crippen LogP contribution in [0, 0.1) is 5.92 Å². The Hall–Kier alpha value is -0.883. The third-order valence-electron chi connectivity index (χ3n) is 5.27. The molecule has 0 unspecified atom stereocenters. The highest BCUT2D eigenvalue weighted by atomic mass is 28.4. The SMILES string of the molecule is CC(C)(C)[Si](C)(C)OCC[C@@H](NC(=O)C1CCCCC1)C(=O)O. The highest BCUT2D eigenvalue weighted by Gasteiger charge is 2.37. The molecule has 0 heterocycles. The van der Waals surface area contributed by atoms with E-state index in [0.717, 1.165) is 25.7 Å². The lowest BCUT2D eigenvalue weighted by atomic mass is 9.88. The summed E-state index contributed by atoms with van der Waals surface area (Å²) in [6.07, 6.45) is 5.36. The first-order chi connectivity index (χ1) is 10.5. The lowest BCUT2D eigenvalue weighted by molar-refractivity contribution is -0.143. The number of nitrogens with one attached hydrogen (secondary N) is 1. The van der Waals surface area contributed by atoms with E-state index < -0.39 is 20.3 Å². The van der Waals surface area contributed by atoms with Crippen LogP contribution < -0.4 is 5.32 Å². The van der Waals surface area contributed by atoms with E-state index in [0.29, 0.717) is 13.0 Å². The maximum Gasteiger partial charge on any atom is 0.326 e. The van der Waals surface area contributed by atoms with Crippen LogP contribution in [0.2, 0.25) is 18.1 Å². The van der Waals surface area contributed by atoms with E-state index in [1.54, 1.807) is 0 Å². The number of carboxylic acids is 1. The Morgan fingerprint density at radius 2 is 1.78 bits per heavy atom. The smallest absolute Gasteiger partial charge is 0.326 e. The number of hydrogen-bond donors (Lipinski definition) is 2. The summed E-state index contributed by atoms with van der Waals surface area (Å²) in [6, 6.07) is -0.853. The van der Waals surface area contributed by atoms with Crippen LogP contribution >= 0.6 is 0 Å². The Kier molecular flexibility index (Phi) is 7.26. The molecule has 1 saturated carbocycles. The van der Waals surface area contributed by atoms with E-state index in [4.69, 9.17) is 4.43 Å². The van der Waals surface area contributed by atoms with Gasteiger partial charge in [-0.1, -0.05) is 40.0 Å². The number of carbonyl (C=O) groups excluding carboxylic acids is 1. The van der Waals surface area contributed by atoms with E-state index in [9.17, 15) is 14.7 Å². The molecule has 1 fully saturated rings. The minimum Gasteiger partial charge on any atom is -0.480 e. The van der Waals surface area contributed by atoms with Gasteiger partial charge in [-0.05, 0) is 31.0 Å². The second kappa shape index (κ2) is 8.28. The van der Waals surface area contributed by atoms with Crippen molar-refractivity contribution in [3.8, 4) is 0 Å². The average Bonchev–Trinajstić information content (AvgIpc) is 2.45. The second-order valence-electron chi connectivity index (χ2n) is 8.13. The first kappa shape index (κ1) is 20.2. The molecule has 1 amide bonds. The lowest BCUT2D eigenvalue weighted by Gasteiger charge is -2.36. The summed E-state index contributed by atoms with van der Waals surface area (Å²) in [6.45, 7) is 11.1. The highest BCUT2D eigenvalue weighted by Crippen LogP contribution is 2.36. The molecule has 1 atom stereocenters. The molecule has 0 aromatic heterocycles. The predicted molar refractivity (Wildman–Crippen MR) is 93.9 cm³/mol. The van der Waals surface area contributed by atoms with Crippen LogP contribution in [0.5, 0.6) is 0 Å². The fourth-order valence-electron chi connectivity index (χ4n) is 2.56. The Bertz CT molecular complexity index is 411. The van der Waals surface area contributed by atoms with E-state index in [1.165, 1.54) is 6.42 Å². The molecule has 0 saturated heterocycles. The number of hydrogen-bond acceptors (Lipinski definition) is 3. The number of carboxylic acid groups (broad SMARTS) is 1. The molecule has 134 valence electrons. The maximum atomic E-state index is 12.2. The van der Waals surface area contributed by atoms with Gasteiger partial charge < -0.3 is 14.8 Å². The van der Waals surface area contributed by atoms with Crippen molar-refractivity contribution in [3.63, 3.8) is 0 Å². The molecule has 0 aliphatic heterocycles. The van der Waals surface area contributed by atoms with E-state index >= 15 is 0 Å². The van der Waals surface area contributed by atoms with E-state index in [-0.39, 0.29) is 16.9 Å². The Morgan fingerprint density at radius 1 is 1.22 bits per heavy atom. The number of aliphatic carboxylic acids is 1. The van der Waals surface area contributed by atoms with Crippen LogP contribution in [-0.2, 0) is 14.0 Å². The van der Waals surface area contributed by atoms with Gasteiger partial charge in [0.25, 0.3) is 0 Å². The average molecular weight is 344 g/mol. The zero-order chi connectivity index (χ0) is 17.7. The summed E-state index contributed by atoms with van der Waals surface area (Å²) in [5, 5.41) is 12.2. The van der Waals surface area contributed by atoms with Gasteiger partial charge in [0.1, 0.15) is 6.04 Å². The van der Waals surface area contributed by atoms with Crippen LogP contribution in [0.4, 0.5) is 0 Å². The molecular formula is C17H33NO4Si. The third-order valence-corrected chi connectivity index (χ3v) is 9.80. The molecule has 1 aliphatic rings. The monoisotopic (exact) mass is 343 g/mol. The van der Waals surface area contributed by atoms with Gasteiger partial charge in [-0.2, -0.15) is 0 Å². The first-order valence-corrected chi connectivity index (χ1v) is 11.6. The minimum atomic E-state index is -1.88. The van der Waals surface area contributed by atoms with Crippen LogP contribution in [0.3, 0.4) is 0 Å². The van der Waals surface area contributed by atoms with Gasteiger partial charge in [0.2, 0.25) is 5.91 Å². The van der Waals surface area contributed by atoms with E-state index in [1.807, 2.05) is 0 Å². The van der Waals surface area contributed by atoms with Crippen LogP contribution in [-0.4, -0.2) is 37.9 Å². The topological polar surface area (TPSA) is 75.6 Å². The molecule has 0 bridgehead atoms. The van der Waals surface area contributed by atoms with Crippen molar-refractivity contribution in [1.29, 1.82) is 0 Å². The third kappa shape index (κ3) is 6.26. The Labute approximate surface area is 141 Å². The number of rotatable bonds is 7. The molecule has 5 nitrogen and oxygen atoms in total. The Balaban J connectivity index is 2.49. The van der Waals surface area contributed by atoms with Crippen molar-refractivity contribution in [3.05, 3.63) is 0 Å². The standard InChI is InChI=1S/C17H33NO4Si/c1-17(2,3)23(4,5)22-12-11-14(16(20)21)18-15(19)13-9-7-6-8-10-13/h13-14H,6-12H2,1-5H3,(H,18,19)(H,20,21)/t14-/m1/s1. The molecule has 0 aromatic rings. The van der Waals surface area contributed by atoms with Gasteiger partial charge in [-0.3, -0.25) is 4.79 Å². The summed E-state index contributed by atoms with van der Waals surface area (Å²) < 4.78 is 6.03. The van der Waals surface area contributed by atoms with Crippen molar-refractivity contribution in [1.82, 2.24) is 5.32 Å². The molecule has 1 rings (SSSR count). The van der Waals surface area contributed by atoms with Crippen LogP contribution in [0.25, 0.3) is 0 Å². The quantitative estimate of drug-likeness (QED) is 0.693. The minimum absolute atomic E-state index is 0.0214. The summed E-state index contributed by atoms with van der Waals surface area (Å²) >= 11 is 0. The van der Waals surface area contributed by atoms with Crippen molar-refractivity contribution in [2.24, 2.45) is 5.92 Å². The van der Waals surface area contributed by atoms with Gasteiger partial charge >= 0.3 is 5.97 Å². The van der Waals surface area contributed by atoms with Gasteiger partial charge in [-0.25, -0.2) is 4.79 Å². The molecule has 2 N–H and O–H groups in total. The van der Waals surface area contributed by atoms with Crippen LogP contribution in [0.15, 0.2) is 0 Å². The molecule has 6 heteroatoms. The molecule has 1 aliphatic carbocycles. The van der Waals surface area contributed by atoms with Crippen molar-refractivity contribution < 1.29 is 19.1 Å². The lowest BCUT2D eigenvalue weighted by Crippen LogP contribution is -2.46. The van der Waals surface area contributed by atoms with Crippen molar-refractivity contribution in [2.45, 2.75) is 83.5 Å². The molecule has 0 spiro atoms.